The first-order valence-corrected chi connectivity index (χ1v) is 10.6. The van der Waals surface area contributed by atoms with Crippen molar-refractivity contribution in [1.82, 2.24) is 15.1 Å². The number of ether oxygens (including phenoxy) is 3. The minimum absolute atomic E-state index is 0.158. The first-order chi connectivity index (χ1) is 14.3. The number of amides is 2. The standard InChI is InChI=1S/C22H35N3O5/c1-5-28-16-17-29-19-9-7-6-8-18(19)20(26)23-10-11-24-12-14-25(15-13-24)21(27)30-22(2,3)4/h6-9H,5,10-17H2,1-4H3,(H,23,26). The van der Waals surface area contributed by atoms with Gasteiger partial charge in [0.15, 0.2) is 0 Å². The molecule has 0 aliphatic carbocycles. The van der Waals surface area contributed by atoms with Crippen LogP contribution in [0, 0.1) is 0 Å². The van der Waals surface area contributed by atoms with E-state index < -0.39 is 5.60 Å². The molecule has 1 saturated heterocycles. The van der Waals surface area contributed by atoms with E-state index in [9.17, 15) is 9.59 Å². The smallest absolute Gasteiger partial charge is 0.410 e. The summed E-state index contributed by atoms with van der Waals surface area (Å²) in [5, 5.41) is 2.96. The van der Waals surface area contributed by atoms with Crippen molar-refractivity contribution in [3.8, 4) is 5.75 Å². The first-order valence-electron chi connectivity index (χ1n) is 10.6. The minimum atomic E-state index is -0.485. The summed E-state index contributed by atoms with van der Waals surface area (Å²) in [4.78, 5) is 28.7. The van der Waals surface area contributed by atoms with E-state index >= 15 is 0 Å². The van der Waals surface area contributed by atoms with Crippen LogP contribution in [0.15, 0.2) is 24.3 Å². The second kappa shape index (κ2) is 11.8. The fourth-order valence-corrected chi connectivity index (χ4v) is 3.04. The molecule has 0 spiro atoms. The lowest BCUT2D eigenvalue weighted by molar-refractivity contribution is 0.0147. The van der Waals surface area contributed by atoms with Crippen LogP contribution in [0.4, 0.5) is 4.79 Å². The van der Waals surface area contributed by atoms with Gasteiger partial charge in [0, 0.05) is 45.9 Å². The molecule has 1 aliphatic heterocycles. The minimum Gasteiger partial charge on any atom is -0.490 e. The van der Waals surface area contributed by atoms with Gasteiger partial charge in [0.25, 0.3) is 5.91 Å². The number of hydrogen-bond acceptors (Lipinski definition) is 6. The zero-order valence-electron chi connectivity index (χ0n) is 18.6. The van der Waals surface area contributed by atoms with Gasteiger partial charge in [-0.05, 0) is 39.8 Å². The summed E-state index contributed by atoms with van der Waals surface area (Å²) in [5.41, 5.74) is 0.0328. The molecular formula is C22H35N3O5. The summed E-state index contributed by atoms with van der Waals surface area (Å²) in [6.07, 6.45) is -0.267. The van der Waals surface area contributed by atoms with Crippen LogP contribution >= 0.6 is 0 Å². The molecule has 168 valence electrons. The van der Waals surface area contributed by atoms with E-state index in [4.69, 9.17) is 14.2 Å². The number of carbonyl (C=O) groups excluding carboxylic acids is 2. The Balaban J connectivity index is 1.72. The fraction of sp³-hybridized carbons (Fsp3) is 0.636. The van der Waals surface area contributed by atoms with Crippen LogP contribution in [-0.4, -0.2) is 86.5 Å². The Morgan fingerprint density at radius 1 is 1.07 bits per heavy atom. The van der Waals surface area contributed by atoms with Gasteiger partial charge >= 0.3 is 6.09 Å². The van der Waals surface area contributed by atoms with E-state index in [0.717, 1.165) is 19.6 Å². The lowest BCUT2D eigenvalue weighted by atomic mass is 10.2. The molecule has 0 bridgehead atoms. The highest BCUT2D eigenvalue weighted by Crippen LogP contribution is 2.17. The largest absolute Gasteiger partial charge is 0.490 e. The monoisotopic (exact) mass is 421 g/mol. The summed E-state index contributed by atoms with van der Waals surface area (Å²) in [5.74, 6) is 0.398. The first kappa shape index (κ1) is 24.0. The Bertz CT molecular complexity index is 682. The number of nitrogens with zero attached hydrogens (tertiary/aromatic N) is 2. The molecule has 0 saturated carbocycles. The van der Waals surface area contributed by atoms with Crippen molar-refractivity contribution in [2.75, 3.05) is 59.1 Å². The van der Waals surface area contributed by atoms with Gasteiger partial charge in [0.05, 0.1) is 12.2 Å². The maximum Gasteiger partial charge on any atom is 0.410 e. The number of para-hydroxylation sites is 1. The summed E-state index contributed by atoms with van der Waals surface area (Å²) >= 11 is 0. The number of benzene rings is 1. The second-order valence-corrected chi connectivity index (χ2v) is 8.11. The summed E-state index contributed by atoms with van der Waals surface area (Å²) < 4.78 is 16.4. The highest BCUT2D eigenvalue weighted by atomic mass is 16.6. The third-order valence-corrected chi connectivity index (χ3v) is 4.56. The van der Waals surface area contributed by atoms with Gasteiger partial charge < -0.3 is 24.4 Å². The quantitative estimate of drug-likeness (QED) is 0.617. The molecule has 0 aromatic heterocycles. The van der Waals surface area contributed by atoms with Crippen LogP contribution in [-0.2, 0) is 9.47 Å². The molecule has 2 amide bonds. The molecule has 30 heavy (non-hydrogen) atoms. The van der Waals surface area contributed by atoms with Crippen molar-refractivity contribution in [1.29, 1.82) is 0 Å². The maximum absolute atomic E-state index is 12.6. The third kappa shape index (κ3) is 8.20. The molecule has 1 heterocycles. The topological polar surface area (TPSA) is 80.3 Å². The zero-order valence-corrected chi connectivity index (χ0v) is 18.6. The van der Waals surface area contributed by atoms with Gasteiger partial charge in [-0.15, -0.1) is 0 Å². The van der Waals surface area contributed by atoms with Crippen molar-refractivity contribution in [3.05, 3.63) is 29.8 Å². The third-order valence-electron chi connectivity index (χ3n) is 4.56. The average Bonchev–Trinajstić information content (AvgIpc) is 2.70. The van der Waals surface area contributed by atoms with Crippen molar-refractivity contribution in [3.63, 3.8) is 0 Å². The van der Waals surface area contributed by atoms with E-state index in [1.807, 2.05) is 39.8 Å². The molecule has 0 radical (unpaired) electrons. The predicted octanol–water partition coefficient (Wildman–Crippen LogP) is 2.38. The van der Waals surface area contributed by atoms with Gasteiger partial charge in [-0.2, -0.15) is 0 Å². The maximum atomic E-state index is 12.6. The molecule has 0 unspecified atom stereocenters. The summed E-state index contributed by atoms with van der Waals surface area (Å²) in [6, 6.07) is 7.21. The highest BCUT2D eigenvalue weighted by Gasteiger charge is 2.25. The summed E-state index contributed by atoms with van der Waals surface area (Å²) in [7, 11) is 0. The van der Waals surface area contributed by atoms with E-state index in [0.29, 0.717) is 50.8 Å². The van der Waals surface area contributed by atoms with E-state index in [2.05, 4.69) is 10.2 Å². The van der Waals surface area contributed by atoms with E-state index in [1.165, 1.54) is 0 Å². The van der Waals surface area contributed by atoms with Crippen LogP contribution in [0.2, 0.25) is 0 Å². The molecule has 2 rings (SSSR count). The molecule has 8 nitrogen and oxygen atoms in total. The molecule has 1 N–H and O–H groups in total. The van der Waals surface area contributed by atoms with Gasteiger partial charge in [-0.25, -0.2) is 4.79 Å². The second-order valence-electron chi connectivity index (χ2n) is 8.11. The molecule has 8 heteroatoms. The molecule has 1 aromatic rings. The molecule has 1 fully saturated rings. The SMILES string of the molecule is CCOCCOc1ccccc1C(=O)NCCN1CCN(C(=O)OC(C)(C)C)CC1. The lowest BCUT2D eigenvalue weighted by Crippen LogP contribution is -2.51. The van der Waals surface area contributed by atoms with E-state index in [-0.39, 0.29) is 12.0 Å². The number of hydrogen-bond donors (Lipinski definition) is 1. The number of nitrogens with one attached hydrogen (secondary N) is 1. The Kier molecular flexibility index (Phi) is 9.39. The van der Waals surface area contributed by atoms with Crippen LogP contribution in [0.5, 0.6) is 5.75 Å². The molecular weight excluding hydrogens is 386 g/mol. The van der Waals surface area contributed by atoms with Gasteiger partial charge in [0.1, 0.15) is 18.0 Å². The van der Waals surface area contributed by atoms with Crippen molar-refractivity contribution in [2.45, 2.75) is 33.3 Å². The normalized spacial score (nSPS) is 15.0. The molecule has 1 aromatic carbocycles. The Labute approximate surface area is 179 Å². The van der Waals surface area contributed by atoms with Crippen LogP contribution < -0.4 is 10.1 Å². The zero-order chi connectivity index (χ0) is 22.0. The molecule has 0 atom stereocenters. The Hall–Kier alpha value is -2.32. The number of rotatable bonds is 9. The van der Waals surface area contributed by atoms with E-state index in [1.54, 1.807) is 17.0 Å². The van der Waals surface area contributed by atoms with Crippen molar-refractivity contribution >= 4 is 12.0 Å². The average molecular weight is 422 g/mol. The fourth-order valence-electron chi connectivity index (χ4n) is 3.04. The Morgan fingerprint density at radius 2 is 1.77 bits per heavy atom. The van der Waals surface area contributed by atoms with Crippen molar-refractivity contribution in [2.24, 2.45) is 0 Å². The van der Waals surface area contributed by atoms with Crippen LogP contribution in [0.1, 0.15) is 38.1 Å². The molecule has 1 aliphatic rings. The number of carbonyl (C=O) groups is 2. The van der Waals surface area contributed by atoms with Gasteiger partial charge in [-0.1, -0.05) is 12.1 Å². The summed E-state index contributed by atoms with van der Waals surface area (Å²) in [6.45, 7) is 13.1. The van der Waals surface area contributed by atoms with Crippen LogP contribution in [0.3, 0.4) is 0 Å². The Morgan fingerprint density at radius 3 is 2.43 bits per heavy atom. The highest BCUT2D eigenvalue weighted by molar-refractivity contribution is 5.96. The number of piperazine rings is 1. The lowest BCUT2D eigenvalue weighted by Gasteiger charge is -2.35. The predicted molar refractivity (Wildman–Crippen MR) is 115 cm³/mol. The van der Waals surface area contributed by atoms with Gasteiger partial charge in [0.2, 0.25) is 0 Å². The van der Waals surface area contributed by atoms with Crippen LogP contribution in [0.25, 0.3) is 0 Å². The van der Waals surface area contributed by atoms with Crippen molar-refractivity contribution < 1.29 is 23.8 Å². The van der Waals surface area contributed by atoms with Gasteiger partial charge in [-0.3, -0.25) is 9.69 Å².